The largest absolute Gasteiger partial charge is 0.482 e. The lowest BCUT2D eigenvalue weighted by molar-refractivity contribution is -0.131. The quantitative estimate of drug-likeness (QED) is 0.770. The van der Waals surface area contributed by atoms with Crippen LogP contribution in [0.15, 0.2) is 24.3 Å². The van der Waals surface area contributed by atoms with E-state index >= 15 is 0 Å². The van der Waals surface area contributed by atoms with Crippen molar-refractivity contribution in [2.24, 2.45) is 0 Å². The summed E-state index contributed by atoms with van der Waals surface area (Å²) in [5.41, 5.74) is 6.17. The Bertz CT molecular complexity index is 426. The minimum atomic E-state index is -0.177. The van der Waals surface area contributed by atoms with Gasteiger partial charge in [-0.25, -0.2) is 0 Å². The van der Waals surface area contributed by atoms with E-state index in [2.05, 4.69) is 0 Å². The summed E-state index contributed by atoms with van der Waals surface area (Å²) in [4.78, 5) is 13.0. The van der Waals surface area contributed by atoms with Gasteiger partial charge in [-0.1, -0.05) is 12.1 Å². The van der Waals surface area contributed by atoms with E-state index in [1.54, 1.807) is 31.3 Å². The molecule has 17 heavy (non-hydrogen) atoms. The standard InChI is InChI=1S/C12H15N3O2/c1-15(8-4-7-13)12(16)9-17-11-6-3-2-5-10(11)14/h2-3,5-6H,4,8-9,14H2,1H3. The van der Waals surface area contributed by atoms with Gasteiger partial charge in [-0.15, -0.1) is 0 Å². The Hall–Kier alpha value is -2.22. The van der Waals surface area contributed by atoms with Crippen LogP contribution in [-0.4, -0.2) is 31.0 Å². The highest BCUT2D eigenvalue weighted by atomic mass is 16.5. The summed E-state index contributed by atoms with van der Waals surface area (Å²) in [5.74, 6) is 0.318. The topological polar surface area (TPSA) is 79.3 Å². The fraction of sp³-hybridized carbons (Fsp3) is 0.333. The van der Waals surface area contributed by atoms with Crippen LogP contribution in [0.2, 0.25) is 0 Å². The van der Waals surface area contributed by atoms with Gasteiger partial charge in [0.1, 0.15) is 5.75 Å². The fourth-order valence-electron chi connectivity index (χ4n) is 1.20. The number of hydrogen-bond acceptors (Lipinski definition) is 4. The number of para-hydroxylation sites is 2. The molecule has 0 fully saturated rings. The number of rotatable bonds is 5. The summed E-state index contributed by atoms with van der Waals surface area (Å²) >= 11 is 0. The van der Waals surface area contributed by atoms with Crippen LogP contribution in [-0.2, 0) is 4.79 Å². The summed E-state index contributed by atoms with van der Waals surface area (Å²) < 4.78 is 5.30. The van der Waals surface area contributed by atoms with E-state index < -0.39 is 0 Å². The highest BCUT2D eigenvalue weighted by molar-refractivity contribution is 5.77. The van der Waals surface area contributed by atoms with Gasteiger partial charge in [0.2, 0.25) is 0 Å². The first-order valence-electron chi connectivity index (χ1n) is 5.23. The molecule has 0 saturated heterocycles. The number of nitriles is 1. The Morgan fingerprint density at radius 1 is 1.53 bits per heavy atom. The van der Waals surface area contributed by atoms with Crippen LogP contribution in [0.1, 0.15) is 6.42 Å². The molecule has 0 aliphatic heterocycles. The maximum Gasteiger partial charge on any atom is 0.260 e. The van der Waals surface area contributed by atoms with E-state index in [9.17, 15) is 4.79 Å². The van der Waals surface area contributed by atoms with Crippen LogP contribution >= 0.6 is 0 Å². The molecule has 0 heterocycles. The highest BCUT2D eigenvalue weighted by Crippen LogP contribution is 2.19. The molecule has 1 aromatic rings. The normalized spacial score (nSPS) is 9.41. The molecule has 0 aliphatic rings. The summed E-state index contributed by atoms with van der Waals surface area (Å²) in [6.07, 6.45) is 0.315. The summed E-state index contributed by atoms with van der Waals surface area (Å²) in [5, 5.41) is 8.41. The maximum absolute atomic E-state index is 11.6. The number of benzene rings is 1. The van der Waals surface area contributed by atoms with E-state index in [1.165, 1.54) is 4.90 Å². The zero-order valence-electron chi connectivity index (χ0n) is 9.72. The summed E-state index contributed by atoms with van der Waals surface area (Å²) in [7, 11) is 1.64. The van der Waals surface area contributed by atoms with Gasteiger partial charge in [0.05, 0.1) is 18.2 Å². The van der Waals surface area contributed by atoms with Crippen molar-refractivity contribution >= 4 is 11.6 Å². The smallest absolute Gasteiger partial charge is 0.260 e. The molecule has 1 rings (SSSR count). The fourth-order valence-corrected chi connectivity index (χ4v) is 1.20. The Kier molecular flexibility index (Phi) is 4.82. The molecule has 0 unspecified atom stereocenters. The predicted octanol–water partition coefficient (Wildman–Crippen LogP) is 1.02. The number of nitrogens with zero attached hydrogens (tertiary/aromatic N) is 2. The number of nitrogen functional groups attached to an aromatic ring is 1. The lowest BCUT2D eigenvalue weighted by Crippen LogP contribution is -2.32. The molecular weight excluding hydrogens is 218 g/mol. The molecular formula is C12H15N3O2. The number of ether oxygens (including phenoxy) is 1. The van der Waals surface area contributed by atoms with Crippen molar-refractivity contribution in [2.45, 2.75) is 6.42 Å². The minimum Gasteiger partial charge on any atom is -0.482 e. The molecule has 0 radical (unpaired) electrons. The van der Waals surface area contributed by atoms with Crippen LogP contribution in [0.3, 0.4) is 0 Å². The van der Waals surface area contributed by atoms with Gasteiger partial charge in [0.25, 0.3) is 5.91 Å². The number of carbonyl (C=O) groups excluding carboxylic acids is 1. The number of nitrogens with two attached hydrogens (primary N) is 1. The Labute approximate surface area is 100 Å². The van der Waals surface area contributed by atoms with Gasteiger partial charge in [0.15, 0.2) is 6.61 Å². The van der Waals surface area contributed by atoms with E-state index in [0.717, 1.165) is 0 Å². The zero-order chi connectivity index (χ0) is 12.7. The number of amides is 1. The SMILES string of the molecule is CN(CCC#N)C(=O)COc1ccccc1N. The third-order valence-corrected chi connectivity index (χ3v) is 2.25. The summed E-state index contributed by atoms with van der Waals surface area (Å²) in [6, 6.07) is 8.98. The van der Waals surface area contributed by atoms with Gasteiger partial charge in [-0.3, -0.25) is 4.79 Å². The molecule has 5 heteroatoms. The van der Waals surface area contributed by atoms with E-state index in [1.807, 2.05) is 6.07 Å². The maximum atomic E-state index is 11.6. The average Bonchev–Trinajstić information content (AvgIpc) is 2.34. The Morgan fingerprint density at radius 2 is 2.24 bits per heavy atom. The van der Waals surface area contributed by atoms with Gasteiger partial charge in [0, 0.05) is 13.6 Å². The Balaban J connectivity index is 2.43. The molecule has 0 bridgehead atoms. The van der Waals surface area contributed by atoms with Crippen molar-refractivity contribution in [2.75, 3.05) is 25.9 Å². The highest BCUT2D eigenvalue weighted by Gasteiger charge is 2.09. The molecule has 0 aliphatic carbocycles. The Morgan fingerprint density at radius 3 is 2.88 bits per heavy atom. The van der Waals surface area contributed by atoms with Crippen LogP contribution in [0.5, 0.6) is 5.75 Å². The molecule has 90 valence electrons. The molecule has 5 nitrogen and oxygen atoms in total. The molecule has 0 atom stereocenters. The van der Waals surface area contributed by atoms with Crippen molar-refractivity contribution in [3.05, 3.63) is 24.3 Å². The second-order valence-electron chi connectivity index (χ2n) is 3.55. The molecule has 0 saturated carbocycles. The molecule has 1 aromatic carbocycles. The van der Waals surface area contributed by atoms with Gasteiger partial charge >= 0.3 is 0 Å². The number of hydrogen-bond donors (Lipinski definition) is 1. The molecule has 0 aromatic heterocycles. The molecule has 0 spiro atoms. The van der Waals surface area contributed by atoms with Crippen molar-refractivity contribution < 1.29 is 9.53 Å². The third kappa shape index (κ3) is 4.03. The zero-order valence-corrected chi connectivity index (χ0v) is 9.72. The second-order valence-corrected chi connectivity index (χ2v) is 3.55. The molecule has 1 amide bonds. The van der Waals surface area contributed by atoms with Crippen molar-refractivity contribution in [3.8, 4) is 11.8 Å². The van der Waals surface area contributed by atoms with E-state index in [4.69, 9.17) is 15.7 Å². The van der Waals surface area contributed by atoms with Crippen LogP contribution in [0, 0.1) is 11.3 Å². The van der Waals surface area contributed by atoms with Gasteiger partial charge < -0.3 is 15.4 Å². The van der Waals surface area contributed by atoms with Crippen LogP contribution in [0.25, 0.3) is 0 Å². The number of likely N-dealkylation sites (N-methyl/N-ethyl adjacent to an activating group) is 1. The van der Waals surface area contributed by atoms with Gasteiger partial charge in [-0.2, -0.15) is 5.26 Å². The average molecular weight is 233 g/mol. The predicted molar refractivity (Wildman–Crippen MR) is 64.2 cm³/mol. The van der Waals surface area contributed by atoms with Crippen molar-refractivity contribution in [1.82, 2.24) is 4.90 Å². The lowest BCUT2D eigenvalue weighted by Gasteiger charge is -2.16. The second kappa shape index (κ2) is 6.38. The van der Waals surface area contributed by atoms with E-state index in [-0.39, 0.29) is 12.5 Å². The van der Waals surface area contributed by atoms with Crippen LogP contribution in [0.4, 0.5) is 5.69 Å². The number of carbonyl (C=O) groups is 1. The third-order valence-electron chi connectivity index (χ3n) is 2.25. The molecule has 2 N–H and O–H groups in total. The minimum absolute atomic E-state index is 0.0733. The first-order chi connectivity index (χ1) is 8.15. The van der Waals surface area contributed by atoms with Crippen molar-refractivity contribution in [3.63, 3.8) is 0 Å². The first kappa shape index (κ1) is 12.8. The monoisotopic (exact) mass is 233 g/mol. The van der Waals surface area contributed by atoms with Crippen molar-refractivity contribution in [1.29, 1.82) is 5.26 Å². The van der Waals surface area contributed by atoms with E-state index in [0.29, 0.717) is 24.4 Å². The first-order valence-corrected chi connectivity index (χ1v) is 5.23. The summed E-state index contributed by atoms with van der Waals surface area (Å²) in [6.45, 7) is 0.332. The number of anilines is 1. The van der Waals surface area contributed by atoms with Crippen LogP contribution < -0.4 is 10.5 Å². The van der Waals surface area contributed by atoms with Gasteiger partial charge in [-0.05, 0) is 12.1 Å². The lowest BCUT2D eigenvalue weighted by atomic mass is 10.3.